The Morgan fingerprint density at radius 3 is 2.56 bits per heavy atom. The second-order valence-corrected chi connectivity index (χ2v) is 9.19. The molecule has 2 saturated heterocycles. The summed E-state index contributed by atoms with van der Waals surface area (Å²) in [6.45, 7) is 1.82. The van der Waals surface area contributed by atoms with Crippen LogP contribution in [0.2, 0.25) is 0 Å². The highest BCUT2D eigenvalue weighted by atomic mass is 32.2. The number of fused-ring (bicyclic) bond motifs is 1. The number of nitrogens with one attached hydrogen (secondary N) is 1. The van der Waals surface area contributed by atoms with Crippen LogP contribution >= 0.6 is 11.8 Å². The van der Waals surface area contributed by atoms with Crippen LogP contribution < -0.4 is 5.32 Å². The maximum Gasteiger partial charge on any atom is 0.257 e. The first-order valence-corrected chi connectivity index (χ1v) is 11.1. The Bertz CT molecular complexity index is 710. The Balaban J connectivity index is 1.40. The van der Waals surface area contributed by atoms with Crippen LogP contribution in [-0.2, 0) is 9.59 Å². The first-order valence-electron chi connectivity index (χ1n) is 10.2. The Morgan fingerprint density at radius 2 is 1.81 bits per heavy atom. The number of thioether (sulfide) groups is 1. The molecule has 3 aliphatic rings. The largest absolute Gasteiger partial charge is 0.348 e. The van der Waals surface area contributed by atoms with Gasteiger partial charge in [0.2, 0.25) is 5.91 Å². The van der Waals surface area contributed by atoms with Gasteiger partial charge in [-0.15, -0.1) is 11.8 Å². The van der Waals surface area contributed by atoms with Gasteiger partial charge in [0, 0.05) is 30.3 Å². The number of rotatable bonds is 2. The van der Waals surface area contributed by atoms with E-state index in [1.807, 2.05) is 36.4 Å². The molecule has 3 atom stereocenters. The lowest BCUT2D eigenvalue weighted by Crippen LogP contribution is -2.52. The zero-order valence-electron chi connectivity index (χ0n) is 15.7. The third-order valence-corrected chi connectivity index (χ3v) is 7.39. The molecule has 0 aromatic heterocycles. The molecule has 2 heterocycles. The molecule has 0 radical (unpaired) electrons. The van der Waals surface area contributed by atoms with Gasteiger partial charge < -0.3 is 10.2 Å². The molecule has 27 heavy (non-hydrogen) atoms. The number of hydrogen-bond donors (Lipinski definition) is 1. The van der Waals surface area contributed by atoms with Gasteiger partial charge in [0.15, 0.2) is 0 Å². The van der Waals surface area contributed by atoms with E-state index in [9.17, 15) is 9.59 Å². The maximum absolute atomic E-state index is 13.0. The monoisotopic (exact) mass is 384 g/mol. The lowest BCUT2D eigenvalue weighted by Gasteiger charge is -2.40. The third kappa shape index (κ3) is 4.40. The number of likely N-dealkylation sites (tertiary alicyclic amines) is 1. The zero-order valence-corrected chi connectivity index (χ0v) is 16.5. The highest BCUT2D eigenvalue weighted by molar-refractivity contribution is 8.04. The van der Waals surface area contributed by atoms with Crippen LogP contribution in [0, 0.1) is 5.92 Å². The minimum absolute atomic E-state index is 0.00738. The van der Waals surface area contributed by atoms with Gasteiger partial charge in [0.25, 0.3) is 5.91 Å². The normalized spacial score (nSPS) is 30.4. The number of amides is 2. The topological polar surface area (TPSA) is 49.4 Å². The van der Waals surface area contributed by atoms with Crippen molar-refractivity contribution in [2.75, 3.05) is 13.1 Å². The molecule has 5 heteroatoms. The Hall–Kier alpha value is -1.75. The van der Waals surface area contributed by atoms with Gasteiger partial charge in [-0.25, -0.2) is 0 Å². The molecule has 144 valence electrons. The Morgan fingerprint density at radius 1 is 1.07 bits per heavy atom. The molecule has 4 rings (SSSR count). The molecule has 0 spiro atoms. The fourth-order valence-corrected chi connectivity index (χ4v) is 5.76. The summed E-state index contributed by atoms with van der Waals surface area (Å²) in [7, 11) is 0. The second kappa shape index (κ2) is 8.51. The molecule has 2 aliphatic heterocycles. The van der Waals surface area contributed by atoms with Gasteiger partial charge in [-0.1, -0.05) is 43.2 Å². The van der Waals surface area contributed by atoms with E-state index < -0.39 is 0 Å². The van der Waals surface area contributed by atoms with E-state index in [4.69, 9.17) is 0 Å². The molecule has 3 fully saturated rings. The number of carbonyl (C=O) groups excluding carboxylic acids is 2. The van der Waals surface area contributed by atoms with Crippen molar-refractivity contribution >= 4 is 29.7 Å². The first kappa shape index (κ1) is 18.6. The fourth-order valence-electron chi connectivity index (χ4n) is 4.47. The van der Waals surface area contributed by atoms with Crippen molar-refractivity contribution < 1.29 is 9.59 Å². The van der Waals surface area contributed by atoms with E-state index in [-0.39, 0.29) is 17.9 Å². The van der Waals surface area contributed by atoms with Crippen molar-refractivity contribution in [3.63, 3.8) is 0 Å². The molecule has 1 saturated carbocycles. The Labute approximate surface area is 165 Å². The number of carbonyl (C=O) groups is 2. The summed E-state index contributed by atoms with van der Waals surface area (Å²) in [5.74, 6) is 0.401. The lowest BCUT2D eigenvalue weighted by molar-refractivity contribution is -0.137. The van der Waals surface area contributed by atoms with Gasteiger partial charge in [0.05, 0.1) is 4.91 Å². The maximum atomic E-state index is 13.0. The smallest absolute Gasteiger partial charge is 0.257 e. The fraction of sp³-hybridized carbons (Fsp3) is 0.545. The molecule has 1 N–H and O–H groups in total. The zero-order chi connectivity index (χ0) is 18.6. The molecular formula is C22H28N2O2S. The second-order valence-electron chi connectivity index (χ2n) is 7.91. The first-order chi connectivity index (χ1) is 13.2. The predicted molar refractivity (Wildman–Crippen MR) is 110 cm³/mol. The molecular weight excluding hydrogens is 356 g/mol. The van der Waals surface area contributed by atoms with E-state index in [0.29, 0.717) is 11.2 Å². The van der Waals surface area contributed by atoms with Crippen LogP contribution in [0.3, 0.4) is 0 Å². The minimum Gasteiger partial charge on any atom is -0.348 e. The van der Waals surface area contributed by atoms with Crippen molar-refractivity contribution in [2.24, 2.45) is 5.92 Å². The lowest BCUT2D eigenvalue weighted by atomic mass is 9.84. The van der Waals surface area contributed by atoms with Crippen molar-refractivity contribution in [3.05, 3.63) is 40.8 Å². The van der Waals surface area contributed by atoms with Crippen LogP contribution in [0.25, 0.3) is 6.08 Å². The highest BCUT2D eigenvalue weighted by Gasteiger charge is 2.40. The molecule has 0 bridgehead atoms. The van der Waals surface area contributed by atoms with Crippen LogP contribution in [0.15, 0.2) is 35.2 Å². The molecule has 4 nitrogen and oxygen atoms in total. The summed E-state index contributed by atoms with van der Waals surface area (Å²) in [6, 6.07) is 10.1. The van der Waals surface area contributed by atoms with Crippen LogP contribution in [0.4, 0.5) is 0 Å². The SMILES string of the molecule is O=C1NC2CC(C(=O)N3CCCCCC3)CCC2S/C1=C\c1ccccc1. The number of benzene rings is 1. The summed E-state index contributed by atoms with van der Waals surface area (Å²) >= 11 is 1.70. The summed E-state index contributed by atoms with van der Waals surface area (Å²) < 4.78 is 0. The van der Waals surface area contributed by atoms with Gasteiger partial charge in [-0.3, -0.25) is 9.59 Å². The van der Waals surface area contributed by atoms with E-state index in [1.54, 1.807) is 11.8 Å². The number of hydrogen-bond acceptors (Lipinski definition) is 3. The van der Waals surface area contributed by atoms with Gasteiger partial charge in [0.1, 0.15) is 0 Å². The molecule has 1 aromatic rings. The highest BCUT2D eigenvalue weighted by Crippen LogP contribution is 2.40. The van der Waals surface area contributed by atoms with Crippen LogP contribution in [-0.4, -0.2) is 41.1 Å². The third-order valence-electron chi connectivity index (χ3n) is 5.97. The molecule has 3 unspecified atom stereocenters. The van der Waals surface area contributed by atoms with Crippen molar-refractivity contribution in [1.29, 1.82) is 0 Å². The van der Waals surface area contributed by atoms with Gasteiger partial charge >= 0.3 is 0 Å². The minimum atomic E-state index is 0.00738. The van der Waals surface area contributed by atoms with Crippen LogP contribution in [0.1, 0.15) is 50.5 Å². The van der Waals surface area contributed by atoms with Crippen LogP contribution in [0.5, 0.6) is 0 Å². The van der Waals surface area contributed by atoms with E-state index in [0.717, 1.165) is 55.7 Å². The van der Waals surface area contributed by atoms with Crippen molar-refractivity contribution in [2.45, 2.75) is 56.2 Å². The predicted octanol–water partition coefficient (Wildman–Crippen LogP) is 3.83. The average molecular weight is 385 g/mol. The molecule has 1 aliphatic carbocycles. The van der Waals surface area contributed by atoms with E-state index >= 15 is 0 Å². The summed E-state index contributed by atoms with van der Waals surface area (Å²) in [5.41, 5.74) is 1.05. The van der Waals surface area contributed by atoms with E-state index in [1.165, 1.54) is 12.8 Å². The Kier molecular flexibility index (Phi) is 5.86. The van der Waals surface area contributed by atoms with Crippen molar-refractivity contribution in [1.82, 2.24) is 10.2 Å². The van der Waals surface area contributed by atoms with Crippen molar-refractivity contribution in [3.8, 4) is 0 Å². The van der Waals surface area contributed by atoms with E-state index in [2.05, 4.69) is 10.2 Å². The molecule has 1 aromatic carbocycles. The summed E-state index contributed by atoms with van der Waals surface area (Å²) in [5, 5.41) is 3.57. The summed E-state index contributed by atoms with van der Waals surface area (Å²) in [6.07, 6.45) is 9.44. The molecule has 2 amide bonds. The summed E-state index contributed by atoms with van der Waals surface area (Å²) in [4.78, 5) is 28.4. The standard InChI is InChI=1S/C22H28N2O2S/c25-21-20(14-16-8-4-3-5-9-16)27-19-11-10-17(15-18(19)23-21)22(26)24-12-6-1-2-7-13-24/h3-5,8-9,14,17-19H,1-2,6-7,10-13,15H2,(H,23,25)/b20-14-. The quantitative estimate of drug-likeness (QED) is 0.789. The van der Waals surface area contributed by atoms with Gasteiger partial charge in [-0.2, -0.15) is 0 Å². The van der Waals surface area contributed by atoms with Gasteiger partial charge in [-0.05, 0) is 43.7 Å². The average Bonchev–Trinajstić information content (AvgIpc) is 2.98. The number of nitrogens with zero attached hydrogens (tertiary/aromatic N) is 1.